The SMILES string of the molecule is c1cc(-c2ccc3ccccc3c2)cc(-c2c3ccccc3c(-c3ccc4c(c3)oc3c4ccc4c5ccc6ccccc6c5sc43)c3ccccc23)c1. The van der Waals surface area contributed by atoms with Crippen molar-refractivity contribution in [3.8, 4) is 33.4 Å². The molecule has 250 valence electrons. The van der Waals surface area contributed by atoms with Crippen LogP contribution in [0.1, 0.15) is 0 Å². The van der Waals surface area contributed by atoms with Crippen LogP contribution in [0.25, 0.3) is 119 Å². The molecule has 2 aromatic heterocycles. The van der Waals surface area contributed by atoms with Crippen LogP contribution in [0.3, 0.4) is 0 Å². The van der Waals surface area contributed by atoms with Gasteiger partial charge in [-0.05, 0) is 107 Å². The lowest BCUT2D eigenvalue weighted by Gasteiger charge is -2.18. The lowest BCUT2D eigenvalue weighted by Crippen LogP contribution is -1.91. The minimum Gasteiger partial charge on any atom is -0.455 e. The summed E-state index contributed by atoms with van der Waals surface area (Å²) in [4.78, 5) is 0. The van der Waals surface area contributed by atoms with E-state index in [2.05, 4.69) is 182 Å². The Balaban J connectivity index is 1.06. The maximum atomic E-state index is 6.88. The van der Waals surface area contributed by atoms with E-state index < -0.39 is 0 Å². The Morgan fingerprint density at radius 1 is 0.296 bits per heavy atom. The van der Waals surface area contributed by atoms with Gasteiger partial charge >= 0.3 is 0 Å². The molecule has 12 rings (SSSR count). The fraction of sp³-hybridized carbons (Fsp3) is 0. The highest BCUT2D eigenvalue weighted by Crippen LogP contribution is 2.47. The summed E-state index contributed by atoms with van der Waals surface area (Å²) in [6.07, 6.45) is 0. The highest BCUT2D eigenvalue weighted by Gasteiger charge is 2.20. The van der Waals surface area contributed by atoms with Crippen LogP contribution in [-0.2, 0) is 0 Å². The number of thiophene rings is 1. The van der Waals surface area contributed by atoms with Crippen molar-refractivity contribution >= 4 is 96.5 Å². The largest absolute Gasteiger partial charge is 0.455 e. The highest BCUT2D eigenvalue weighted by atomic mass is 32.1. The van der Waals surface area contributed by atoms with Crippen LogP contribution in [0.5, 0.6) is 0 Å². The van der Waals surface area contributed by atoms with Crippen molar-refractivity contribution in [2.24, 2.45) is 0 Å². The van der Waals surface area contributed by atoms with Gasteiger partial charge in [-0.1, -0.05) is 152 Å². The number of rotatable bonds is 3. The van der Waals surface area contributed by atoms with Crippen LogP contribution in [-0.4, -0.2) is 0 Å². The molecule has 2 heterocycles. The molecule has 0 N–H and O–H groups in total. The van der Waals surface area contributed by atoms with Gasteiger partial charge < -0.3 is 4.42 Å². The van der Waals surface area contributed by atoms with Gasteiger partial charge in [0.25, 0.3) is 0 Å². The first kappa shape index (κ1) is 29.8. The van der Waals surface area contributed by atoms with Crippen molar-refractivity contribution < 1.29 is 4.42 Å². The summed E-state index contributed by atoms with van der Waals surface area (Å²) in [5.41, 5.74) is 9.19. The summed E-state index contributed by atoms with van der Waals surface area (Å²) in [6.45, 7) is 0. The van der Waals surface area contributed by atoms with E-state index in [1.807, 2.05) is 11.3 Å². The molecule has 54 heavy (non-hydrogen) atoms. The first-order valence-electron chi connectivity index (χ1n) is 18.5. The van der Waals surface area contributed by atoms with Gasteiger partial charge in [-0.15, -0.1) is 11.3 Å². The van der Waals surface area contributed by atoms with E-state index in [4.69, 9.17) is 4.42 Å². The quantitative estimate of drug-likeness (QED) is 0.167. The van der Waals surface area contributed by atoms with E-state index in [0.717, 1.165) is 27.5 Å². The molecule has 0 saturated heterocycles. The third kappa shape index (κ3) is 4.32. The van der Waals surface area contributed by atoms with Crippen LogP contribution < -0.4 is 0 Å². The number of hydrogen-bond acceptors (Lipinski definition) is 2. The van der Waals surface area contributed by atoms with Crippen molar-refractivity contribution in [3.63, 3.8) is 0 Å². The Kier molecular flexibility index (Phi) is 6.28. The van der Waals surface area contributed by atoms with Crippen molar-refractivity contribution in [2.45, 2.75) is 0 Å². The van der Waals surface area contributed by atoms with Gasteiger partial charge in [0.05, 0.1) is 4.70 Å². The van der Waals surface area contributed by atoms with Crippen molar-refractivity contribution in [2.75, 3.05) is 0 Å². The lowest BCUT2D eigenvalue weighted by molar-refractivity contribution is 0.673. The van der Waals surface area contributed by atoms with Crippen LogP contribution >= 0.6 is 11.3 Å². The molecule has 0 fully saturated rings. The molecule has 0 amide bonds. The summed E-state index contributed by atoms with van der Waals surface area (Å²) in [5.74, 6) is 0. The van der Waals surface area contributed by atoms with E-state index in [-0.39, 0.29) is 0 Å². The smallest absolute Gasteiger partial charge is 0.153 e. The molecule has 0 unspecified atom stereocenters. The van der Waals surface area contributed by atoms with Gasteiger partial charge in [-0.3, -0.25) is 0 Å². The predicted molar refractivity (Wildman–Crippen MR) is 233 cm³/mol. The Morgan fingerprint density at radius 2 is 0.815 bits per heavy atom. The third-order valence-corrected chi connectivity index (χ3v) is 12.7. The fourth-order valence-corrected chi connectivity index (χ4v) is 10.2. The number of furan rings is 1. The topological polar surface area (TPSA) is 13.1 Å². The second-order valence-electron chi connectivity index (χ2n) is 14.4. The zero-order valence-corrected chi connectivity index (χ0v) is 30.0. The van der Waals surface area contributed by atoms with E-state index in [1.165, 1.54) is 91.1 Å². The van der Waals surface area contributed by atoms with Crippen molar-refractivity contribution in [1.29, 1.82) is 0 Å². The van der Waals surface area contributed by atoms with Gasteiger partial charge in [0.1, 0.15) is 5.58 Å². The Hall–Kier alpha value is -6.74. The van der Waals surface area contributed by atoms with Crippen LogP contribution in [0, 0.1) is 0 Å². The predicted octanol–water partition coefficient (Wildman–Crippen LogP) is 15.6. The second kappa shape index (κ2) is 11.4. The Labute approximate surface area is 314 Å². The van der Waals surface area contributed by atoms with Gasteiger partial charge in [0, 0.05) is 26.2 Å². The first-order valence-corrected chi connectivity index (χ1v) is 19.3. The zero-order chi connectivity index (χ0) is 35.3. The molecule has 0 spiro atoms. The zero-order valence-electron chi connectivity index (χ0n) is 29.1. The minimum absolute atomic E-state index is 0.914. The maximum absolute atomic E-state index is 6.88. The Bertz CT molecular complexity index is 3450. The number of hydrogen-bond donors (Lipinski definition) is 0. The van der Waals surface area contributed by atoms with Gasteiger partial charge in [0.2, 0.25) is 0 Å². The van der Waals surface area contributed by atoms with Gasteiger partial charge in [-0.25, -0.2) is 0 Å². The third-order valence-electron chi connectivity index (χ3n) is 11.4. The average molecular weight is 703 g/mol. The molecule has 0 aliphatic rings. The monoisotopic (exact) mass is 702 g/mol. The molecule has 12 aromatic rings. The van der Waals surface area contributed by atoms with Crippen molar-refractivity contribution in [1.82, 2.24) is 0 Å². The van der Waals surface area contributed by atoms with E-state index >= 15 is 0 Å². The molecule has 0 atom stereocenters. The van der Waals surface area contributed by atoms with Gasteiger partial charge in [0.15, 0.2) is 5.58 Å². The van der Waals surface area contributed by atoms with Gasteiger partial charge in [-0.2, -0.15) is 0 Å². The summed E-state index contributed by atoms with van der Waals surface area (Å²) < 4.78 is 9.41. The highest BCUT2D eigenvalue weighted by molar-refractivity contribution is 7.27. The Morgan fingerprint density at radius 3 is 1.57 bits per heavy atom. The standard InChI is InChI=1S/C52H30OS/c1-2-12-33-28-35(21-20-31(33)10-1)34-13-9-14-36(29-34)48-40-16-5-7-18-42(40)49(43-19-8-6-17-41(43)48)37-23-24-39-44-26-27-46-45-25-22-32-11-3-4-15-38(32)51(45)54-52(46)50(44)53-47(39)30-37/h1-30H. The molecule has 0 bridgehead atoms. The van der Waals surface area contributed by atoms with Crippen LogP contribution in [0.15, 0.2) is 186 Å². The lowest BCUT2D eigenvalue weighted by atomic mass is 9.85. The summed E-state index contributed by atoms with van der Waals surface area (Å²) in [7, 11) is 0. The maximum Gasteiger partial charge on any atom is 0.153 e. The molecule has 2 heteroatoms. The first-order chi connectivity index (χ1) is 26.8. The normalized spacial score (nSPS) is 12.1. The average Bonchev–Trinajstić information content (AvgIpc) is 3.81. The van der Waals surface area contributed by atoms with Crippen molar-refractivity contribution in [3.05, 3.63) is 182 Å². The van der Waals surface area contributed by atoms with E-state index in [1.54, 1.807) is 0 Å². The molecule has 10 aromatic carbocycles. The molecule has 0 aliphatic carbocycles. The molecular formula is C52H30OS. The molecule has 0 radical (unpaired) electrons. The summed E-state index contributed by atoms with van der Waals surface area (Å²) >= 11 is 1.85. The van der Waals surface area contributed by atoms with Crippen LogP contribution in [0.4, 0.5) is 0 Å². The summed E-state index contributed by atoms with van der Waals surface area (Å²) in [6, 6.07) is 66.7. The second-order valence-corrected chi connectivity index (χ2v) is 15.4. The molecule has 0 saturated carbocycles. The molecule has 0 aliphatic heterocycles. The van der Waals surface area contributed by atoms with E-state index in [9.17, 15) is 0 Å². The molecule has 1 nitrogen and oxygen atoms in total. The number of fused-ring (bicyclic) bond motifs is 12. The number of benzene rings is 10. The van der Waals surface area contributed by atoms with Crippen LogP contribution in [0.2, 0.25) is 0 Å². The minimum atomic E-state index is 0.914. The fourth-order valence-electron chi connectivity index (χ4n) is 8.92. The van der Waals surface area contributed by atoms with E-state index in [0.29, 0.717) is 0 Å². The molecular weight excluding hydrogens is 673 g/mol. The summed E-state index contributed by atoms with van der Waals surface area (Å²) in [5, 5.41) is 14.9.